The molecular weight excluding hydrogens is 1800 g/mol. The van der Waals surface area contributed by atoms with Gasteiger partial charge in [-0.3, -0.25) is 19.4 Å². The fraction of sp³-hybridized carbons (Fsp3) is 0.398. The molecule has 0 bridgehead atoms. The summed E-state index contributed by atoms with van der Waals surface area (Å²) in [4.78, 5) is 117. The van der Waals surface area contributed by atoms with Crippen molar-refractivity contribution < 1.29 is 14.0 Å². The zero-order valence-corrected chi connectivity index (χ0v) is 78.9. The second-order valence-corrected chi connectivity index (χ2v) is 33.5. The van der Waals surface area contributed by atoms with Gasteiger partial charge in [-0.05, 0) is 180 Å². The summed E-state index contributed by atoms with van der Waals surface area (Å²) >= 11 is 11.7. The third-order valence-electron chi connectivity index (χ3n) is 19.8. The van der Waals surface area contributed by atoms with Crippen molar-refractivity contribution in [2.75, 3.05) is 51.6 Å². The summed E-state index contributed by atoms with van der Waals surface area (Å²) in [5, 5.41) is 9.79. The van der Waals surface area contributed by atoms with Gasteiger partial charge >= 0.3 is 6.08 Å². The number of aromatic nitrogens is 32. The summed E-state index contributed by atoms with van der Waals surface area (Å²) in [6, 6.07) is 11.8. The molecule has 0 aromatic carbocycles. The van der Waals surface area contributed by atoms with E-state index in [4.69, 9.17) is 80.5 Å². The molecule has 0 aliphatic carbocycles. The number of pyridine rings is 4. The number of rotatable bonds is 11. The van der Waals surface area contributed by atoms with Crippen LogP contribution in [0, 0.1) is 6.08 Å². The van der Waals surface area contributed by atoms with Gasteiger partial charge in [0.15, 0.2) is 91.0 Å². The summed E-state index contributed by atoms with van der Waals surface area (Å²) in [5.41, 5.74) is 68.1. The number of anilines is 9. The molecule has 49 heteroatoms. The number of aromatic amines is 1. The van der Waals surface area contributed by atoms with E-state index in [0.717, 1.165) is 44.7 Å². The summed E-state index contributed by atoms with van der Waals surface area (Å²) in [5.74, 6) is 1.51. The standard InChI is InChI=1S/C10H13N3.C9H10ClN3.C9H12N4.C9H11N3O.C8H10ClN5.C8H10FN5.C8H12N6.C8H11N5O.C8H11N5.C7H12N4O.4CH4/c1-7(2)13-6-4-8-9(11)3-5-12-10(8)13;2*1-6(2)13-5-12-8-7(10)3-4-11-9(8)13;1-6(2)12-5-11-8-7(13)3-4-10-9(8)12;2*1-4(2)14-3-11-5-6(10)12-8(9)13-7(5)14;1-4(2)14-3-11-5-6(9)12-8(10)13-7(5)14;1-4(2)13-3-10-5-6(13)11-8(9)12-7(5)14;1-5(2)13-8-7(11-12-13)6(9)3-4-10-8;1-4(2)11-3-10-5(6(11)8)7(9)12;;;;/h3-7H,1-2H3,(H2,11,12);3-6H,1-2H3;3-6H,1-2H3,(H2,10,11);4-6H,3H2,1-2H3;2*3-4H,1-2H3,(H2,10,12,13);3-4H,1-2H3,(H4,9,10,12,13);3-4H,1-2H3,(H3,9,11,12,14);3-5H,1-2H3,(H2,9,10);3-4H,8H2,1-2H3,(H2,9,12);4*1H4. The number of imidazole rings is 8. The first-order valence-electron chi connectivity index (χ1n) is 42.1. The molecule has 19 heterocycles. The number of hydrogen-bond acceptors (Lipinski definition) is 34. The lowest BCUT2D eigenvalue weighted by molar-refractivity contribution is 0.0988. The lowest BCUT2D eigenvalue weighted by Crippen LogP contribution is -2.15. The van der Waals surface area contributed by atoms with Crippen LogP contribution in [0.15, 0.2) is 122 Å². The lowest BCUT2D eigenvalue weighted by atomic mass is 10.2. The van der Waals surface area contributed by atoms with Crippen molar-refractivity contribution in [1.82, 2.24) is 156 Å². The number of primary amides is 1. The largest absolute Gasteiger partial charge is 0.398 e. The number of ketones is 1. The number of aliphatic imine (C=N–C) groups is 1. The topological polar surface area (TPSA) is 660 Å². The van der Waals surface area contributed by atoms with Gasteiger partial charge < -0.3 is 98.4 Å². The van der Waals surface area contributed by atoms with Gasteiger partial charge in [0, 0.05) is 109 Å². The molecule has 46 nitrogen and oxygen atoms in total. The Labute approximate surface area is 801 Å². The second-order valence-electron chi connectivity index (χ2n) is 32.7. The number of Topliss-reactive ketones (excluding diaryl/α,β-unsaturated/α-hetero) is 1. The van der Waals surface area contributed by atoms with Gasteiger partial charge in [0.05, 0.1) is 73.1 Å². The predicted molar refractivity (Wildman–Crippen MR) is 545 cm³/mol. The molecule has 0 radical (unpaired) electrons. The maximum absolute atomic E-state index is 12.9. The van der Waals surface area contributed by atoms with Gasteiger partial charge in [0.1, 0.15) is 39.0 Å². The number of hydrogen-bond donors (Lipinski definition) is 11. The van der Waals surface area contributed by atoms with E-state index in [2.05, 4.69) is 161 Å². The average molecular weight is 1930 g/mol. The number of halogens is 3. The number of carbonyl (C=O) groups excluding carboxylic acids is 2. The van der Waals surface area contributed by atoms with Crippen LogP contribution in [-0.2, 0) is 0 Å². The van der Waals surface area contributed by atoms with Crippen LogP contribution in [0.5, 0.6) is 0 Å². The molecule has 18 aromatic heterocycles. The first kappa shape index (κ1) is 110. The number of H-pyrrole nitrogens is 1. The summed E-state index contributed by atoms with van der Waals surface area (Å²) < 4.78 is 31.7. The van der Waals surface area contributed by atoms with Crippen LogP contribution in [0.2, 0.25) is 10.3 Å². The van der Waals surface area contributed by atoms with E-state index < -0.39 is 12.0 Å². The van der Waals surface area contributed by atoms with E-state index in [1.54, 1.807) is 112 Å². The van der Waals surface area contributed by atoms with Crippen LogP contribution < -0.4 is 62.9 Å². The highest BCUT2D eigenvalue weighted by Crippen LogP contribution is 2.30. The molecule has 1 aliphatic heterocycles. The van der Waals surface area contributed by atoms with Gasteiger partial charge in [-0.2, -0.15) is 39.3 Å². The Bertz CT molecular complexity index is 6600. The minimum atomic E-state index is -0.822. The fourth-order valence-electron chi connectivity index (χ4n) is 12.9. The number of nitrogens with one attached hydrogen (secondary N) is 1. The molecule has 137 heavy (non-hydrogen) atoms. The molecule has 0 spiro atoms. The van der Waals surface area contributed by atoms with Crippen molar-refractivity contribution >= 4 is 188 Å². The number of nitrogens with zero attached hydrogens (tertiary/aromatic N) is 32. The monoisotopic (exact) mass is 1920 g/mol. The zero-order valence-electron chi connectivity index (χ0n) is 77.4. The highest BCUT2D eigenvalue weighted by Gasteiger charge is 2.23. The van der Waals surface area contributed by atoms with Gasteiger partial charge in [0.2, 0.25) is 17.2 Å². The minimum Gasteiger partial charge on any atom is -0.398 e. The van der Waals surface area contributed by atoms with Crippen LogP contribution >= 0.6 is 23.2 Å². The highest BCUT2D eigenvalue weighted by molar-refractivity contribution is 6.34. The Morgan fingerprint density at radius 1 is 0.387 bits per heavy atom. The van der Waals surface area contributed by atoms with Crippen LogP contribution in [0.1, 0.15) is 256 Å². The third kappa shape index (κ3) is 25.7. The Morgan fingerprint density at radius 3 is 1.28 bits per heavy atom. The SMILES string of the molecule is C.C.C.C.CC(C)n1ccc2c(N)ccnc21.CC(C)n1cnc(C(N)=O)c1N.CC(C)n1cnc2c(=O)[nH]c(N)nc21.CC(C)n1cnc2c(Cl)ccnc21.CC(C)n1cnc2c(N)ccnc21.CC(C)n1cnc2c(N)nc(Cl)nc21.CC(C)n1cnc2c(N)nc(F)nc21.CC(C)n1cnc2c(N)nc(N)nc21.CC(C)n1cnc2c1N=CCC2=O.CC(C)n1nnc2c(N)ccnc21. The molecule has 18 aromatic rings. The molecule has 0 unspecified atom stereocenters. The van der Waals surface area contributed by atoms with Gasteiger partial charge in [-0.1, -0.05) is 46.5 Å². The lowest BCUT2D eigenvalue weighted by Gasteiger charge is -2.10. The molecule has 734 valence electrons. The maximum Gasteiger partial charge on any atom is 0.312 e. The number of fused-ring (bicyclic) bond motifs is 9. The van der Waals surface area contributed by atoms with Crippen molar-refractivity contribution in [3.63, 3.8) is 0 Å². The van der Waals surface area contributed by atoms with Crippen LogP contribution in [0.25, 0.3) is 89.2 Å². The van der Waals surface area contributed by atoms with E-state index in [1.807, 2.05) is 138 Å². The summed E-state index contributed by atoms with van der Waals surface area (Å²) in [6.07, 6.45) is 23.3. The van der Waals surface area contributed by atoms with Crippen molar-refractivity contribution in [2.24, 2.45) is 10.7 Å². The number of nitrogen functional groups attached to an aromatic ring is 9. The van der Waals surface area contributed by atoms with E-state index in [0.29, 0.717) is 126 Å². The Balaban J connectivity index is 0.000000233. The molecular formula is C88H128Cl2FN43O3. The van der Waals surface area contributed by atoms with E-state index >= 15 is 0 Å². The van der Waals surface area contributed by atoms with E-state index in [1.165, 1.54) is 6.33 Å². The number of nitrogens with two attached hydrogens (primary N) is 10. The molecule has 0 saturated heterocycles. The molecule has 0 atom stereocenters. The molecule has 1 aliphatic rings. The quantitative estimate of drug-likeness (QED) is 0.0536. The number of amides is 1. The second kappa shape index (κ2) is 47.9. The Morgan fingerprint density at radius 2 is 0.788 bits per heavy atom. The van der Waals surface area contributed by atoms with Crippen LogP contribution in [0.3, 0.4) is 0 Å². The number of carbonyl (C=O) groups is 2. The molecule has 21 N–H and O–H groups in total. The van der Waals surface area contributed by atoms with Crippen molar-refractivity contribution in [3.8, 4) is 0 Å². The van der Waals surface area contributed by atoms with Crippen LogP contribution in [-0.4, -0.2) is 174 Å². The van der Waals surface area contributed by atoms with E-state index in [-0.39, 0.29) is 106 Å². The molecule has 19 rings (SSSR count). The van der Waals surface area contributed by atoms with Crippen molar-refractivity contribution in [2.45, 2.75) is 235 Å². The first-order valence-corrected chi connectivity index (χ1v) is 42.9. The summed E-state index contributed by atoms with van der Waals surface area (Å²) in [6.45, 7) is 40.7. The average Bonchev–Trinajstić information content (AvgIpc) is 1.65. The highest BCUT2D eigenvalue weighted by atomic mass is 35.5. The fourth-order valence-corrected chi connectivity index (χ4v) is 13.3. The maximum atomic E-state index is 12.9. The molecule has 0 saturated carbocycles. The van der Waals surface area contributed by atoms with Gasteiger partial charge in [-0.15, -0.1) is 5.10 Å². The Hall–Kier alpha value is -15.6. The predicted octanol–water partition coefficient (Wildman–Crippen LogP) is 15.5. The van der Waals surface area contributed by atoms with Gasteiger partial charge in [-0.25, -0.2) is 69.5 Å². The van der Waals surface area contributed by atoms with Gasteiger partial charge in [0.25, 0.3) is 11.5 Å². The molecule has 0 fully saturated rings. The smallest absolute Gasteiger partial charge is 0.312 e. The van der Waals surface area contributed by atoms with E-state index in [9.17, 15) is 18.8 Å². The molecule has 1 amide bonds. The van der Waals surface area contributed by atoms with Crippen molar-refractivity contribution in [1.29, 1.82) is 0 Å². The minimum absolute atomic E-state index is 0. The van der Waals surface area contributed by atoms with Crippen molar-refractivity contribution in [3.05, 3.63) is 150 Å². The van der Waals surface area contributed by atoms with Crippen LogP contribution in [0.4, 0.5) is 62.4 Å². The normalized spacial score (nSPS) is 11.3. The summed E-state index contributed by atoms with van der Waals surface area (Å²) in [7, 11) is 0. The third-order valence-corrected chi connectivity index (χ3v) is 20.3. The zero-order chi connectivity index (χ0) is 97.6. The Kier molecular flexibility index (Phi) is 38.5. The first-order chi connectivity index (χ1) is 62.9.